The molecule has 0 radical (unpaired) electrons. The summed E-state index contributed by atoms with van der Waals surface area (Å²) in [7, 11) is 1.58. The standard InChI is InChI=1S/C16H23NO4/c1-5-16(6-2,15(19)20)17-14(18)11(3)12-7-9-13(21-4)10-8-12/h7-11H,5-6H2,1-4H3,(H,17,18)(H,19,20). The van der Waals surface area contributed by atoms with Crippen molar-refractivity contribution in [3.05, 3.63) is 29.8 Å². The highest BCUT2D eigenvalue weighted by Crippen LogP contribution is 2.22. The number of hydrogen-bond donors (Lipinski definition) is 2. The normalized spacial score (nSPS) is 12.6. The number of aliphatic carboxylic acids is 1. The van der Waals surface area contributed by atoms with E-state index in [1.54, 1.807) is 40.0 Å². The summed E-state index contributed by atoms with van der Waals surface area (Å²) >= 11 is 0. The molecule has 1 rings (SSSR count). The number of hydrogen-bond acceptors (Lipinski definition) is 3. The average Bonchev–Trinajstić information content (AvgIpc) is 2.51. The minimum atomic E-state index is -1.20. The number of amides is 1. The highest BCUT2D eigenvalue weighted by molar-refractivity contribution is 5.90. The molecule has 5 nitrogen and oxygen atoms in total. The van der Waals surface area contributed by atoms with Gasteiger partial charge >= 0.3 is 5.97 Å². The predicted molar refractivity (Wildman–Crippen MR) is 80.5 cm³/mol. The van der Waals surface area contributed by atoms with Gasteiger partial charge < -0.3 is 15.2 Å². The van der Waals surface area contributed by atoms with Gasteiger partial charge in [-0.15, -0.1) is 0 Å². The fourth-order valence-electron chi connectivity index (χ4n) is 2.17. The van der Waals surface area contributed by atoms with Crippen molar-refractivity contribution in [1.82, 2.24) is 5.32 Å². The first-order chi connectivity index (χ1) is 9.90. The topological polar surface area (TPSA) is 75.6 Å². The van der Waals surface area contributed by atoms with Gasteiger partial charge in [0, 0.05) is 0 Å². The zero-order chi connectivity index (χ0) is 16.0. The van der Waals surface area contributed by atoms with Crippen LogP contribution in [-0.4, -0.2) is 29.6 Å². The summed E-state index contributed by atoms with van der Waals surface area (Å²) in [5, 5.41) is 12.0. The first-order valence-corrected chi connectivity index (χ1v) is 7.09. The summed E-state index contributed by atoms with van der Waals surface area (Å²) in [5.41, 5.74) is -0.377. The van der Waals surface area contributed by atoms with Crippen molar-refractivity contribution in [3.63, 3.8) is 0 Å². The number of ether oxygens (including phenoxy) is 1. The molecule has 0 fully saturated rings. The summed E-state index contributed by atoms with van der Waals surface area (Å²) < 4.78 is 5.08. The van der Waals surface area contributed by atoms with Crippen LogP contribution < -0.4 is 10.1 Å². The number of carbonyl (C=O) groups excluding carboxylic acids is 1. The number of nitrogens with one attached hydrogen (secondary N) is 1. The van der Waals surface area contributed by atoms with Gasteiger partial charge in [-0.1, -0.05) is 26.0 Å². The van der Waals surface area contributed by atoms with Gasteiger partial charge in [-0.2, -0.15) is 0 Å². The molecule has 0 aliphatic heterocycles. The van der Waals surface area contributed by atoms with Gasteiger partial charge in [0.05, 0.1) is 13.0 Å². The molecule has 0 saturated carbocycles. The van der Waals surface area contributed by atoms with Crippen LogP contribution in [0.3, 0.4) is 0 Å². The Morgan fingerprint density at radius 1 is 1.24 bits per heavy atom. The summed E-state index contributed by atoms with van der Waals surface area (Å²) in [4.78, 5) is 23.8. The van der Waals surface area contributed by atoms with Crippen LogP contribution in [0.15, 0.2) is 24.3 Å². The minimum Gasteiger partial charge on any atom is -0.497 e. The molecule has 0 saturated heterocycles. The van der Waals surface area contributed by atoms with Gasteiger partial charge in [-0.25, -0.2) is 4.79 Å². The van der Waals surface area contributed by atoms with Crippen molar-refractivity contribution in [2.24, 2.45) is 0 Å². The molecule has 0 aliphatic carbocycles. The molecule has 5 heteroatoms. The molecule has 116 valence electrons. The number of carboxylic acids is 1. The molecule has 0 bridgehead atoms. The van der Waals surface area contributed by atoms with Crippen molar-refractivity contribution >= 4 is 11.9 Å². The van der Waals surface area contributed by atoms with Crippen LogP contribution in [-0.2, 0) is 9.59 Å². The molecule has 2 N–H and O–H groups in total. The van der Waals surface area contributed by atoms with Crippen molar-refractivity contribution < 1.29 is 19.4 Å². The van der Waals surface area contributed by atoms with Crippen LogP contribution in [0, 0.1) is 0 Å². The summed E-state index contributed by atoms with van der Waals surface area (Å²) in [6, 6.07) is 7.18. The maximum atomic E-state index is 12.3. The highest BCUT2D eigenvalue weighted by Gasteiger charge is 2.37. The maximum absolute atomic E-state index is 12.3. The van der Waals surface area contributed by atoms with E-state index in [1.165, 1.54) is 0 Å². The molecule has 1 atom stereocenters. The Balaban J connectivity index is 2.88. The van der Waals surface area contributed by atoms with Crippen LogP contribution in [0.1, 0.15) is 45.1 Å². The summed E-state index contributed by atoms with van der Waals surface area (Å²) in [6.07, 6.45) is 0.694. The van der Waals surface area contributed by atoms with E-state index in [-0.39, 0.29) is 5.91 Å². The SMILES string of the molecule is CCC(CC)(NC(=O)C(C)c1ccc(OC)cc1)C(=O)O. The highest BCUT2D eigenvalue weighted by atomic mass is 16.5. The molecule has 1 unspecified atom stereocenters. The third-order valence-corrected chi connectivity index (χ3v) is 3.99. The van der Waals surface area contributed by atoms with Crippen LogP contribution in [0.25, 0.3) is 0 Å². The van der Waals surface area contributed by atoms with E-state index in [0.29, 0.717) is 18.6 Å². The van der Waals surface area contributed by atoms with E-state index < -0.39 is 17.4 Å². The molecule has 1 aromatic rings. The van der Waals surface area contributed by atoms with E-state index in [0.717, 1.165) is 5.56 Å². The molecule has 1 amide bonds. The fourth-order valence-corrected chi connectivity index (χ4v) is 2.17. The number of methoxy groups -OCH3 is 1. The number of rotatable bonds is 7. The third kappa shape index (κ3) is 3.74. The molecule has 0 spiro atoms. The Morgan fingerprint density at radius 2 is 1.76 bits per heavy atom. The maximum Gasteiger partial charge on any atom is 0.329 e. The lowest BCUT2D eigenvalue weighted by molar-refractivity contribution is -0.148. The number of carbonyl (C=O) groups is 2. The zero-order valence-electron chi connectivity index (χ0n) is 13.0. The first kappa shape index (κ1) is 17.0. The molecular formula is C16H23NO4. The quantitative estimate of drug-likeness (QED) is 0.810. The van der Waals surface area contributed by atoms with E-state index in [1.807, 2.05) is 12.1 Å². The van der Waals surface area contributed by atoms with E-state index in [2.05, 4.69) is 5.32 Å². The molecule has 21 heavy (non-hydrogen) atoms. The first-order valence-electron chi connectivity index (χ1n) is 7.09. The number of benzene rings is 1. The summed E-state index contributed by atoms with van der Waals surface area (Å²) in [5.74, 6) is -0.991. The molecule has 0 aromatic heterocycles. The average molecular weight is 293 g/mol. The fraction of sp³-hybridized carbons (Fsp3) is 0.500. The smallest absolute Gasteiger partial charge is 0.329 e. The monoisotopic (exact) mass is 293 g/mol. The third-order valence-electron chi connectivity index (χ3n) is 3.99. The van der Waals surface area contributed by atoms with Crippen molar-refractivity contribution in [2.75, 3.05) is 7.11 Å². The lowest BCUT2D eigenvalue weighted by Gasteiger charge is -2.29. The van der Waals surface area contributed by atoms with Crippen LogP contribution in [0.2, 0.25) is 0 Å². The lowest BCUT2D eigenvalue weighted by Crippen LogP contribution is -2.54. The zero-order valence-corrected chi connectivity index (χ0v) is 13.0. The van der Waals surface area contributed by atoms with Gasteiger partial charge in [0.15, 0.2) is 0 Å². The molecule has 1 aromatic carbocycles. The second-order valence-corrected chi connectivity index (χ2v) is 5.08. The summed E-state index contributed by atoms with van der Waals surface area (Å²) in [6.45, 7) is 5.28. The van der Waals surface area contributed by atoms with Gasteiger partial charge in [0.25, 0.3) is 0 Å². The second kappa shape index (κ2) is 7.11. The van der Waals surface area contributed by atoms with Gasteiger partial charge in [-0.05, 0) is 37.5 Å². The molecule has 0 aliphatic rings. The number of carboxylic acid groups (broad SMARTS) is 1. The Hall–Kier alpha value is -2.04. The van der Waals surface area contributed by atoms with Gasteiger partial charge in [0.2, 0.25) is 5.91 Å². The minimum absolute atomic E-state index is 0.286. The largest absolute Gasteiger partial charge is 0.497 e. The van der Waals surface area contributed by atoms with Crippen LogP contribution in [0.5, 0.6) is 5.75 Å². The van der Waals surface area contributed by atoms with Crippen molar-refractivity contribution in [1.29, 1.82) is 0 Å². The Morgan fingerprint density at radius 3 is 2.14 bits per heavy atom. The van der Waals surface area contributed by atoms with E-state index >= 15 is 0 Å². The Labute approximate surface area is 125 Å². The van der Waals surface area contributed by atoms with Gasteiger partial charge in [0.1, 0.15) is 11.3 Å². The lowest BCUT2D eigenvalue weighted by atomic mass is 9.91. The Bertz CT molecular complexity index is 492. The Kier molecular flexibility index (Phi) is 5.76. The van der Waals surface area contributed by atoms with Gasteiger partial charge in [-0.3, -0.25) is 4.79 Å². The predicted octanol–water partition coefficient (Wildman–Crippen LogP) is 2.56. The molecule has 0 heterocycles. The second-order valence-electron chi connectivity index (χ2n) is 5.08. The van der Waals surface area contributed by atoms with Crippen molar-refractivity contribution in [2.45, 2.75) is 45.1 Å². The molecular weight excluding hydrogens is 270 g/mol. The van der Waals surface area contributed by atoms with E-state index in [4.69, 9.17) is 4.74 Å². The van der Waals surface area contributed by atoms with Crippen LogP contribution in [0.4, 0.5) is 0 Å². The van der Waals surface area contributed by atoms with Crippen molar-refractivity contribution in [3.8, 4) is 5.75 Å². The van der Waals surface area contributed by atoms with Crippen LogP contribution >= 0.6 is 0 Å². The van der Waals surface area contributed by atoms with E-state index in [9.17, 15) is 14.7 Å².